The summed E-state index contributed by atoms with van der Waals surface area (Å²) in [5.41, 5.74) is 10.7. The van der Waals surface area contributed by atoms with Gasteiger partial charge in [-0.25, -0.2) is 14.6 Å². The molecule has 2 saturated heterocycles. The third-order valence-electron chi connectivity index (χ3n) is 7.61. The van der Waals surface area contributed by atoms with Crippen LogP contribution in [-0.4, -0.2) is 118 Å². The molecule has 7 heterocycles. The quantitative estimate of drug-likeness (QED) is 0.0801. The Labute approximate surface area is 248 Å². The van der Waals surface area contributed by atoms with Crippen molar-refractivity contribution in [1.82, 2.24) is 54.0 Å². The fourth-order valence-electron chi connectivity index (χ4n) is 5.42. The van der Waals surface area contributed by atoms with Crippen molar-refractivity contribution >= 4 is 34.2 Å². The molecule has 22 nitrogen and oxygen atoms in total. The van der Waals surface area contributed by atoms with Gasteiger partial charge in [0.15, 0.2) is 34.8 Å². The average Bonchev–Trinajstić information content (AvgIpc) is 3.81. The number of aromatic nitrogens is 11. The number of aliphatic hydroxyl groups excluding tert-OH is 4. The average molecular weight is 630 g/mol. The Morgan fingerprint density at radius 1 is 0.822 bits per heavy atom. The van der Waals surface area contributed by atoms with E-state index in [-0.39, 0.29) is 54.0 Å². The van der Waals surface area contributed by atoms with Crippen LogP contribution in [0.15, 0.2) is 28.4 Å². The highest BCUT2D eigenvalue weighted by Gasteiger charge is 2.46. The molecule has 0 radical (unpaired) electrons. The standard InChI is InChI=1S/C23H27N13O9/c24-22-28-16-10(18(41)30-22)26-5-35(16)20-14(39)12(37)8(44-20)2-34-1-7(32-33-34)3-43-4-9-13(38)15(40)21(45-9)36-6-27-11-17(36)29-23(25)31-19(11)42/h1,5-6,8-9,12-15,20-21,37-40H,2-4H2,(H3,24,28,30,41)(H3,25,29,31,42)/t8-,9-,12-,13-,14-,15-,20-,21-/m1/s1. The molecule has 10 N–H and O–H groups in total. The molecule has 0 saturated carbocycles. The Bertz CT molecular complexity index is 1980. The number of hydrogen-bond acceptors (Lipinski definition) is 17. The number of aromatic amines is 2. The number of anilines is 2. The zero-order chi connectivity index (χ0) is 31.6. The summed E-state index contributed by atoms with van der Waals surface area (Å²) in [6.45, 7) is -0.178. The molecule has 0 aliphatic carbocycles. The summed E-state index contributed by atoms with van der Waals surface area (Å²) >= 11 is 0. The van der Waals surface area contributed by atoms with E-state index < -0.39 is 60.2 Å². The summed E-state index contributed by atoms with van der Waals surface area (Å²) in [5, 5.41) is 50.6. The zero-order valence-electron chi connectivity index (χ0n) is 23.0. The SMILES string of the molecule is Nc1nc2c(ncn2[C@@H]2O[C@H](COCc3cn(C[C@H]4O[C@@H](n5cnc6c(=O)[nH]c(N)nc65)[C@H](O)[C@@H]4O)nn3)[C@@H](O)[C@H]2O)c(=O)[nH]1. The number of nitrogens with zero attached hydrogens (tertiary/aromatic N) is 9. The second-order valence-electron chi connectivity index (χ2n) is 10.6. The largest absolute Gasteiger partial charge is 0.387 e. The fraction of sp³-hybridized carbons (Fsp3) is 0.478. The number of ether oxygens (including phenoxy) is 3. The van der Waals surface area contributed by atoms with Crippen molar-refractivity contribution in [2.45, 2.75) is 62.2 Å². The summed E-state index contributed by atoms with van der Waals surface area (Å²) in [4.78, 5) is 45.0. The molecule has 45 heavy (non-hydrogen) atoms. The van der Waals surface area contributed by atoms with Crippen LogP contribution in [0.4, 0.5) is 11.9 Å². The minimum atomic E-state index is -1.38. The van der Waals surface area contributed by atoms with Crippen molar-refractivity contribution in [3.05, 3.63) is 45.3 Å². The molecule has 5 aromatic heterocycles. The normalized spacial score (nSPS) is 28.5. The number of aliphatic hydroxyl groups is 4. The van der Waals surface area contributed by atoms with E-state index in [4.69, 9.17) is 25.7 Å². The Morgan fingerprint density at radius 2 is 1.36 bits per heavy atom. The molecule has 0 bridgehead atoms. The minimum Gasteiger partial charge on any atom is -0.387 e. The van der Waals surface area contributed by atoms with E-state index in [1.165, 1.54) is 26.5 Å². The summed E-state index contributed by atoms with van der Waals surface area (Å²) in [7, 11) is 0. The molecule has 0 amide bonds. The van der Waals surface area contributed by atoms with Crippen molar-refractivity contribution in [3.8, 4) is 0 Å². The van der Waals surface area contributed by atoms with Gasteiger partial charge in [-0.1, -0.05) is 5.21 Å². The third kappa shape index (κ3) is 4.98. The molecule has 0 unspecified atom stereocenters. The molecule has 7 rings (SSSR count). The molecule has 0 aromatic carbocycles. The molecule has 5 aromatic rings. The molecule has 2 aliphatic heterocycles. The lowest BCUT2D eigenvalue weighted by atomic mass is 10.1. The third-order valence-corrected chi connectivity index (χ3v) is 7.61. The van der Waals surface area contributed by atoms with E-state index in [9.17, 15) is 30.0 Å². The summed E-state index contributed by atoms with van der Waals surface area (Å²) < 4.78 is 21.4. The first kappa shape index (κ1) is 28.9. The second kappa shape index (κ2) is 11.0. The van der Waals surface area contributed by atoms with E-state index in [1.54, 1.807) is 6.20 Å². The topological polar surface area (TPSA) is 318 Å². The van der Waals surface area contributed by atoms with Crippen LogP contribution in [0.2, 0.25) is 0 Å². The summed E-state index contributed by atoms with van der Waals surface area (Å²) in [5.74, 6) is -0.290. The number of nitrogens with two attached hydrogens (primary N) is 2. The highest BCUT2D eigenvalue weighted by molar-refractivity contribution is 5.71. The Kier molecular flexibility index (Phi) is 7.03. The monoisotopic (exact) mass is 629 g/mol. The first-order valence-corrected chi connectivity index (χ1v) is 13.5. The maximum Gasteiger partial charge on any atom is 0.280 e. The Balaban J connectivity index is 0.964. The van der Waals surface area contributed by atoms with Crippen LogP contribution in [-0.2, 0) is 27.4 Å². The van der Waals surface area contributed by atoms with Gasteiger partial charge in [0.25, 0.3) is 11.1 Å². The van der Waals surface area contributed by atoms with Crippen LogP contribution in [0, 0.1) is 0 Å². The van der Waals surface area contributed by atoms with Gasteiger partial charge in [0.05, 0.1) is 38.6 Å². The van der Waals surface area contributed by atoms with Gasteiger partial charge >= 0.3 is 0 Å². The lowest BCUT2D eigenvalue weighted by Gasteiger charge is -2.16. The van der Waals surface area contributed by atoms with Crippen molar-refractivity contribution in [2.75, 3.05) is 18.1 Å². The van der Waals surface area contributed by atoms with Gasteiger partial charge in [-0.2, -0.15) is 9.97 Å². The summed E-state index contributed by atoms with van der Waals surface area (Å²) in [6, 6.07) is 0. The predicted molar refractivity (Wildman–Crippen MR) is 147 cm³/mol. The van der Waals surface area contributed by atoms with E-state index in [0.29, 0.717) is 5.69 Å². The molecule has 238 valence electrons. The zero-order valence-corrected chi connectivity index (χ0v) is 23.0. The number of nitrogens with one attached hydrogen (secondary N) is 2. The van der Waals surface area contributed by atoms with E-state index in [2.05, 4.69) is 40.2 Å². The van der Waals surface area contributed by atoms with Gasteiger partial charge in [0.2, 0.25) is 11.9 Å². The van der Waals surface area contributed by atoms with Crippen LogP contribution < -0.4 is 22.6 Å². The fourth-order valence-corrected chi connectivity index (χ4v) is 5.42. The molecule has 2 aliphatic rings. The number of hydrogen-bond donors (Lipinski definition) is 8. The molecular weight excluding hydrogens is 602 g/mol. The van der Waals surface area contributed by atoms with Crippen LogP contribution >= 0.6 is 0 Å². The number of rotatable bonds is 8. The predicted octanol–water partition coefficient (Wildman–Crippen LogP) is -4.54. The number of imidazole rings is 2. The maximum atomic E-state index is 12.1. The van der Waals surface area contributed by atoms with E-state index in [0.717, 1.165) is 0 Å². The van der Waals surface area contributed by atoms with E-state index in [1.807, 2.05) is 0 Å². The van der Waals surface area contributed by atoms with E-state index >= 15 is 0 Å². The molecule has 2 fully saturated rings. The van der Waals surface area contributed by atoms with Crippen LogP contribution in [0.5, 0.6) is 0 Å². The number of H-pyrrole nitrogens is 2. The van der Waals surface area contributed by atoms with Crippen molar-refractivity contribution in [3.63, 3.8) is 0 Å². The minimum absolute atomic E-state index is 0.00305. The van der Waals surface area contributed by atoms with Crippen LogP contribution in [0.3, 0.4) is 0 Å². The van der Waals surface area contributed by atoms with Gasteiger partial charge in [-0.15, -0.1) is 5.10 Å². The molecule has 8 atom stereocenters. The van der Waals surface area contributed by atoms with Gasteiger partial charge in [0.1, 0.15) is 42.3 Å². The van der Waals surface area contributed by atoms with Crippen molar-refractivity contribution < 1.29 is 34.6 Å². The van der Waals surface area contributed by atoms with Crippen molar-refractivity contribution in [2.24, 2.45) is 0 Å². The van der Waals surface area contributed by atoms with Gasteiger partial charge in [0, 0.05) is 0 Å². The van der Waals surface area contributed by atoms with Gasteiger partial charge in [-0.3, -0.25) is 28.7 Å². The second-order valence-corrected chi connectivity index (χ2v) is 10.6. The lowest BCUT2D eigenvalue weighted by molar-refractivity contribution is -0.0686. The highest BCUT2D eigenvalue weighted by atomic mass is 16.6. The van der Waals surface area contributed by atoms with Gasteiger partial charge in [-0.05, 0) is 0 Å². The number of nitrogen functional groups attached to an aromatic ring is 2. The number of fused-ring (bicyclic) bond motifs is 2. The Morgan fingerprint density at radius 3 is 1.93 bits per heavy atom. The maximum absolute atomic E-state index is 12.1. The van der Waals surface area contributed by atoms with Gasteiger partial charge < -0.3 is 46.1 Å². The smallest absolute Gasteiger partial charge is 0.280 e. The molecule has 22 heteroatoms. The molecular formula is C23H27N13O9. The summed E-state index contributed by atoms with van der Waals surface area (Å²) in [6.07, 6.45) is -5.45. The van der Waals surface area contributed by atoms with Crippen molar-refractivity contribution in [1.29, 1.82) is 0 Å². The highest BCUT2D eigenvalue weighted by Crippen LogP contribution is 2.33. The Hall–Kier alpha value is -4.84. The van der Waals surface area contributed by atoms with Crippen LogP contribution in [0.25, 0.3) is 22.3 Å². The van der Waals surface area contributed by atoms with Crippen LogP contribution in [0.1, 0.15) is 18.1 Å². The molecule has 0 spiro atoms. The first-order valence-electron chi connectivity index (χ1n) is 13.5. The lowest BCUT2D eigenvalue weighted by Crippen LogP contribution is -2.34. The first-order chi connectivity index (χ1) is 21.6.